The zero-order valence-corrected chi connectivity index (χ0v) is 13.3. The van der Waals surface area contributed by atoms with Crippen molar-refractivity contribution in [3.8, 4) is 16.9 Å². The maximum absolute atomic E-state index is 11.9. The summed E-state index contributed by atoms with van der Waals surface area (Å²) < 4.78 is 1.74. The molecule has 0 spiro atoms. The fourth-order valence-corrected chi connectivity index (χ4v) is 2.37. The molecule has 1 amide bonds. The fraction of sp³-hybridized carbons (Fsp3) is 0.167. The van der Waals surface area contributed by atoms with Gasteiger partial charge >= 0.3 is 0 Å². The van der Waals surface area contributed by atoms with Crippen LogP contribution in [0.5, 0.6) is 0 Å². The van der Waals surface area contributed by atoms with E-state index in [4.69, 9.17) is 5.11 Å². The van der Waals surface area contributed by atoms with Gasteiger partial charge in [0.1, 0.15) is 0 Å². The standard InChI is InChI=1S/C18H18N4O2/c1-13-2-4-14(5-3-13)17-12-20-21-22(17)16-8-6-15(7-9-16)18(24)19-10-11-23/h2-9,12,23H,10-11H2,1H3,(H,19,24). The van der Waals surface area contributed by atoms with Crippen LogP contribution in [0.3, 0.4) is 0 Å². The Morgan fingerprint density at radius 3 is 2.50 bits per heavy atom. The maximum Gasteiger partial charge on any atom is 0.251 e. The van der Waals surface area contributed by atoms with E-state index in [0.717, 1.165) is 16.9 Å². The summed E-state index contributed by atoms with van der Waals surface area (Å²) in [5.41, 5.74) is 4.45. The molecule has 122 valence electrons. The molecule has 3 rings (SSSR count). The number of rotatable bonds is 5. The van der Waals surface area contributed by atoms with E-state index in [1.165, 1.54) is 5.56 Å². The molecule has 0 unspecified atom stereocenters. The lowest BCUT2D eigenvalue weighted by Gasteiger charge is -2.08. The number of aromatic nitrogens is 3. The quantitative estimate of drug-likeness (QED) is 0.752. The van der Waals surface area contributed by atoms with Gasteiger partial charge in [0.25, 0.3) is 5.91 Å². The Balaban J connectivity index is 1.87. The molecule has 24 heavy (non-hydrogen) atoms. The van der Waals surface area contributed by atoms with Crippen LogP contribution in [0, 0.1) is 6.92 Å². The number of benzene rings is 2. The third kappa shape index (κ3) is 3.33. The molecule has 0 aliphatic carbocycles. The zero-order valence-electron chi connectivity index (χ0n) is 13.3. The van der Waals surface area contributed by atoms with E-state index in [1.807, 2.05) is 43.3 Å². The summed E-state index contributed by atoms with van der Waals surface area (Å²) in [4.78, 5) is 11.9. The van der Waals surface area contributed by atoms with Crippen LogP contribution in [-0.4, -0.2) is 39.2 Å². The number of hydrogen-bond acceptors (Lipinski definition) is 4. The van der Waals surface area contributed by atoms with Gasteiger partial charge in [0, 0.05) is 17.7 Å². The van der Waals surface area contributed by atoms with Crippen molar-refractivity contribution in [2.75, 3.05) is 13.2 Å². The molecule has 6 nitrogen and oxygen atoms in total. The van der Waals surface area contributed by atoms with Crippen LogP contribution in [0.4, 0.5) is 0 Å². The average molecular weight is 322 g/mol. The van der Waals surface area contributed by atoms with Crippen LogP contribution >= 0.6 is 0 Å². The summed E-state index contributed by atoms with van der Waals surface area (Å²) in [5, 5.41) is 19.5. The zero-order chi connectivity index (χ0) is 16.9. The molecule has 0 fully saturated rings. The Kier molecular flexibility index (Phi) is 4.67. The molecule has 0 aliphatic rings. The summed E-state index contributed by atoms with van der Waals surface area (Å²) in [6.45, 7) is 2.20. The van der Waals surface area contributed by atoms with Crippen molar-refractivity contribution in [3.63, 3.8) is 0 Å². The Bertz CT molecular complexity index is 823. The van der Waals surface area contributed by atoms with E-state index in [1.54, 1.807) is 23.0 Å². The second-order valence-electron chi connectivity index (χ2n) is 5.42. The molecule has 1 heterocycles. The first-order valence-corrected chi connectivity index (χ1v) is 7.66. The summed E-state index contributed by atoms with van der Waals surface area (Å²) >= 11 is 0. The van der Waals surface area contributed by atoms with Crippen LogP contribution in [0.15, 0.2) is 54.7 Å². The Labute approximate surface area is 139 Å². The lowest BCUT2D eigenvalue weighted by molar-refractivity contribution is 0.0945. The molecule has 0 saturated carbocycles. The van der Waals surface area contributed by atoms with Gasteiger partial charge in [0.05, 0.1) is 24.2 Å². The van der Waals surface area contributed by atoms with Crippen LogP contribution in [0.1, 0.15) is 15.9 Å². The monoisotopic (exact) mass is 322 g/mol. The number of carbonyl (C=O) groups excluding carboxylic acids is 1. The van der Waals surface area contributed by atoms with Crippen molar-refractivity contribution in [1.82, 2.24) is 20.3 Å². The van der Waals surface area contributed by atoms with Gasteiger partial charge < -0.3 is 10.4 Å². The highest BCUT2D eigenvalue weighted by atomic mass is 16.3. The Hall–Kier alpha value is -2.99. The second kappa shape index (κ2) is 7.06. The van der Waals surface area contributed by atoms with Gasteiger partial charge in [-0.3, -0.25) is 4.79 Å². The number of aliphatic hydroxyl groups excluding tert-OH is 1. The molecule has 0 atom stereocenters. The lowest BCUT2D eigenvalue weighted by Crippen LogP contribution is -2.26. The molecule has 0 radical (unpaired) electrons. The van der Waals surface area contributed by atoms with Crippen LogP contribution < -0.4 is 5.32 Å². The highest BCUT2D eigenvalue weighted by molar-refractivity contribution is 5.94. The van der Waals surface area contributed by atoms with Crippen LogP contribution in [0.25, 0.3) is 16.9 Å². The molecule has 6 heteroatoms. The topological polar surface area (TPSA) is 80.0 Å². The number of nitrogens with one attached hydrogen (secondary N) is 1. The minimum absolute atomic E-state index is 0.0807. The number of nitrogens with zero attached hydrogens (tertiary/aromatic N) is 3. The second-order valence-corrected chi connectivity index (χ2v) is 5.42. The number of aliphatic hydroxyl groups is 1. The number of amides is 1. The molecular formula is C18H18N4O2. The predicted molar refractivity (Wildman–Crippen MR) is 91.0 cm³/mol. The predicted octanol–water partition coefficient (Wildman–Crippen LogP) is 1.96. The Morgan fingerprint density at radius 2 is 1.83 bits per heavy atom. The normalized spacial score (nSPS) is 10.6. The van der Waals surface area contributed by atoms with E-state index < -0.39 is 0 Å². The summed E-state index contributed by atoms with van der Waals surface area (Å²) in [5.74, 6) is -0.215. The minimum atomic E-state index is -0.215. The molecule has 0 saturated heterocycles. The molecule has 3 aromatic rings. The van der Waals surface area contributed by atoms with Crippen molar-refractivity contribution in [3.05, 3.63) is 65.9 Å². The molecule has 0 aliphatic heterocycles. The van der Waals surface area contributed by atoms with Gasteiger partial charge in [-0.1, -0.05) is 35.0 Å². The maximum atomic E-state index is 11.9. The first-order chi connectivity index (χ1) is 11.7. The third-order valence-electron chi connectivity index (χ3n) is 3.67. The van der Waals surface area contributed by atoms with Crippen molar-refractivity contribution in [2.45, 2.75) is 6.92 Å². The van der Waals surface area contributed by atoms with E-state index in [9.17, 15) is 4.79 Å². The largest absolute Gasteiger partial charge is 0.395 e. The molecule has 2 aromatic carbocycles. The SMILES string of the molecule is Cc1ccc(-c2cnnn2-c2ccc(C(=O)NCCO)cc2)cc1. The van der Waals surface area contributed by atoms with Crippen molar-refractivity contribution in [2.24, 2.45) is 0 Å². The molecule has 1 aromatic heterocycles. The summed E-state index contributed by atoms with van der Waals surface area (Å²) in [6, 6.07) is 15.2. The van der Waals surface area contributed by atoms with Crippen LogP contribution in [0.2, 0.25) is 0 Å². The smallest absolute Gasteiger partial charge is 0.251 e. The first-order valence-electron chi connectivity index (χ1n) is 7.66. The number of hydrogen-bond donors (Lipinski definition) is 2. The highest BCUT2D eigenvalue weighted by Crippen LogP contribution is 2.22. The molecule has 0 bridgehead atoms. The van der Waals surface area contributed by atoms with Crippen LogP contribution in [-0.2, 0) is 0 Å². The van der Waals surface area contributed by atoms with Gasteiger partial charge in [-0.2, -0.15) is 0 Å². The van der Waals surface area contributed by atoms with Gasteiger partial charge in [0.2, 0.25) is 0 Å². The molecular weight excluding hydrogens is 304 g/mol. The first kappa shape index (κ1) is 15.9. The van der Waals surface area contributed by atoms with Crippen molar-refractivity contribution in [1.29, 1.82) is 0 Å². The van der Waals surface area contributed by atoms with E-state index in [0.29, 0.717) is 5.56 Å². The van der Waals surface area contributed by atoms with Crippen molar-refractivity contribution < 1.29 is 9.90 Å². The average Bonchev–Trinajstić information content (AvgIpc) is 3.10. The summed E-state index contributed by atoms with van der Waals surface area (Å²) in [7, 11) is 0. The highest BCUT2D eigenvalue weighted by Gasteiger charge is 2.10. The number of carbonyl (C=O) groups is 1. The van der Waals surface area contributed by atoms with Gasteiger partial charge in [-0.15, -0.1) is 5.10 Å². The lowest BCUT2D eigenvalue weighted by atomic mass is 10.1. The van der Waals surface area contributed by atoms with Gasteiger partial charge in [-0.25, -0.2) is 4.68 Å². The fourth-order valence-electron chi connectivity index (χ4n) is 2.37. The van der Waals surface area contributed by atoms with E-state index >= 15 is 0 Å². The van der Waals surface area contributed by atoms with Crippen molar-refractivity contribution >= 4 is 5.91 Å². The van der Waals surface area contributed by atoms with E-state index in [-0.39, 0.29) is 19.1 Å². The summed E-state index contributed by atoms with van der Waals surface area (Å²) in [6.07, 6.45) is 1.71. The minimum Gasteiger partial charge on any atom is -0.395 e. The number of aryl methyl sites for hydroxylation is 1. The molecule has 2 N–H and O–H groups in total. The Morgan fingerprint density at radius 1 is 1.12 bits per heavy atom. The van der Waals surface area contributed by atoms with E-state index in [2.05, 4.69) is 15.6 Å². The third-order valence-corrected chi connectivity index (χ3v) is 3.67. The van der Waals surface area contributed by atoms with Gasteiger partial charge in [-0.05, 0) is 31.2 Å². The van der Waals surface area contributed by atoms with Gasteiger partial charge in [0.15, 0.2) is 0 Å².